The van der Waals surface area contributed by atoms with Gasteiger partial charge in [-0.1, -0.05) is 12.8 Å². The smallest absolute Gasteiger partial charge is 0.123 e. The van der Waals surface area contributed by atoms with Crippen LogP contribution >= 0.6 is 0 Å². The van der Waals surface area contributed by atoms with Gasteiger partial charge in [0.05, 0.1) is 22.2 Å². The molecule has 3 atom stereocenters. The summed E-state index contributed by atoms with van der Waals surface area (Å²) in [5.74, 6) is -0.329. The van der Waals surface area contributed by atoms with Gasteiger partial charge in [0.25, 0.3) is 0 Å². The zero-order valence-electron chi connectivity index (χ0n) is 8.93. The van der Waals surface area contributed by atoms with Crippen LogP contribution in [-0.4, -0.2) is 20.7 Å². The molecule has 4 heteroatoms. The van der Waals surface area contributed by atoms with Gasteiger partial charge in [0, 0.05) is 4.90 Å². The van der Waals surface area contributed by atoms with Gasteiger partial charge >= 0.3 is 0 Å². The molecule has 2 nitrogen and oxygen atoms in total. The number of halogens is 1. The predicted octanol–water partition coefficient (Wildman–Crippen LogP) is 2.24. The SMILES string of the molecule is O=S(c1ccc(F)cc1)C1CCCCC1O. The topological polar surface area (TPSA) is 37.3 Å². The van der Waals surface area contributed by atoms with Crippen molar-refractivity contribution in [3.63, 3.8) is 0 Å². The van der Waals surface area contributed by atoms with Gasteiger partial charge in [-0.15, -0.1) is 0 Å². The molecule has 3 unspecified atom stereocenters. The molecule has 0 aliphatic heterocycles. The summed E-state index contributed by atoms with van der Waals surface area (Å²) < 4.78 is 24.9. The van der Waals surface area contributed by atoms with Gasteiger partial charge in [-0.05, 0) is 37.1 Å². The molecule has 0 amide bonds. The quantitative estimate of drug-likeness (QED) is 0.863. The third-order valence-electron chi connectivity index (χ3n) is 2.99. The summed E-state index contributed by atoms with van der Waals surface area (Å²) in [5, 5.41) is 9.59. The number of aliphatic hydroxyl groups excluding tert-OH is 1. The Hall–Kier alpha value is -0.740. The van der Waals surface area contributed by atoms with Gasteiger partial charge in [0.15, 0.2) is 0 Å². The standard InChI is InChI=1S/C12H15FO2S/c13-9-5-7-10(8-6-9)16(15)12-4-2-1-3-11(12)14/h5-8,11-12,14H,1-4H2. The molecule has 1 saturated carbocycles. The second-order valence-electron chi connectivity index (χ2n) is 4.14. The highest BCUT2D eigenvalue weighted by Gasteiger charge is 2.28. The molecule has 1 aliphatic rings. The lowest BCUT2D eigenvalue weighted by molar-refractivity contribution is 0.135. The molecule has 1 aliphatic carbocycles. The lowest BCUT2D eigenvalue weighted by atomic mass is 9.97. The summed E-state index contributed by atoms with van der Waals surface area (Å²) in [5.41, 5.74) is 0. The molecule has 0 saturated heterocycles. The Labute approximate surface area is 96.9 Å². The van der Waals surface area contributed by atoms with E-state index in [-0.39, 0.29) is 11.1 Å². The second kappa shape index (κ2) is 5.06. The fraction of sp³-hybridized carbons (Fsp3) is 0.500. The fourth-order valence-corrected chi connectivity index (χ4v) is 3.63. The molecule has 0 spiro atoms. The van der Waals surface area contributed by atoms with Crippen LogP contribution in [0.25, 0.3) is 0 Å². The number of benzene rings is 1. The van der Waals surface area contributed by atoms with Crippen molar-refractivity contribution in [3.8, 4) is 0 Å². The van der Waals surface area contributed by atoms with Crippen LogP contribution in [0.15, 0.2) is 29.2 Å². The van der Waals surface area contributed by atoms with Crippen molar-refractivity contribution < 1.29 is 13.7 Å². The van der Waals surface area contributed by atoms with E-state index in [9.17, 15) is 13.7 Å². The Balaban J connectivity index is 2.14. The third-order valence-corrected chi connectivity index (χ3v) is 4.83. The molecule has 0 bridgehead atoms. The maximum absolute atomic E-state index is 12.7. The van der Waals surface area contributed by atoms with E-state index in [0.29, 0.717) is 4.90 Å². The number of aliphatic hydroxyl groups is 1. The Morgan fingerprint density at radius 3 is 2.44 bits per heavy atom. The molecule has 1 aromatic carbocycles. The summed E-state index contributed by atoms with van der Waals surface area (Å²) in [6, 6.07) is 5.68. The molecule has 0 heterocycles. The first-order valence-electron chi connectivity index (χ1n) is 5.52. The number of hydrogen-bond acceptors (Lipinski definition) is 2. The van der Waals surface area contributed by atoms with E-state index in [4.69, 9.17) is 0 Å². The second-order valence-corrected chi connectivity index (χ2v) is 5.81. The van der Waals surface area contributed by atoms with Gasteiger partial charge in [-0.25, -0.2) is 4.39 Å². The van der Waals surface area contributed by atoms with Gasteiger partial charge in [0.2, 0.25) is 0 Å². The number of hydrogen-bond donors (Lipinski definition) is 1. The largest absolute Gasteiger partial charge is 0.392 e. The van der Waals surface area contributed by atoms with Crippen molar-refractivity contribution in [3.05, 3.63) is 30.1 Å². The molecular weight excluding hydrogens is 227 g/mol. The molecule has 16 heavy (non-hydrogen) atoms. The average Bonchev–Trinajstić information content (AvgIpc) is 2.30. The highest BCUT2D eigenvalue weighted by atomic mass is 32.2. The maximum atomic E-state index is 12.7. The summed E-state index contributed by atoms with van der Waals surface area (Å²) in [6.07, 6.45) is 3.02. The molecule has 0 aromatic heterocycles. The summed E-state index contributed by atoms with van der Waals surface area (Å²) in [6.45, 7) is 0. The van der Waals surface area contributed by atoms with Crippen molar-refractivity contribution >= 4 is 10.8 Å². The Morgan fingerprint density at radius 1 is 1.19 bits per heavy atom. The minimum absolute atomic E-state index is 0.195. The van der Waals surface area contributed by atoms with Gasteiger partial charge in [0.1, 0.15) is 5.82 Å². The zero-order valence-corrected chi connectivity index (χ0v) is 9.75. The van der Waals surface area contributed by atoms with Crippen LogP contribution in [0.3, 0.4) is 0 Å². The Morgan fingerprint density at radius 2 is 1.81 bits per heavy atom. The van der Waals surface area contributed by atoms with Crippen LogP contribution in [0, 0.1) is 5.82 Å². The molecule has 0 radical (unpaired) electrons. The minimum Gasteiger partial charge on any atom is -0.392 e. The molecule has 1 aromatic rings. The predicted molar refractivity (Wildman–Crippen MR) is 61.1 cm³/mol. The van der Waals surface area contributed by atoms with Crippen LogP contribution in [0.1, 0.15) is 25.7 Å². The molecule has 2 rings (SSSR count). The van der Waals surface area contributed by atoms with Crippen molar-refractivity contribution in [2.24, 2.45) is 0 Å². The molecule has 1 N–H and O–H groups in total. The van der Waals surface area contributed by atoms with Gasteiger partial charge in [-0.2, -0.15) is 0 Å². The normalized spacial score (nSPS) is 27.6. The first kappa shape index (κ1) is 11.7. The summed E-state index contributed by atoms with van der Waals surface area (Å²) in [7, 11) is -1.22. The van der Waals surface area contributed by atoms with E-state index in [1.165, 1.54) is 24.3 Å². The molecule has 88 valence electrons. The Kier molecular flexibility index (Phi) is 3.71. The van der Waals surface area contributed by atoms with Crippen molar-refractivity contribution in [2.75, 3.05) is 0 Å². The fourth-order valence-electron chi connectivity index (χ4n) is 2.07. The monoisotopic (exact) mass is 242 g/mol. The lowest BCUT2D eigenvalue weighted by Gasteiger charge is -2.26. The van der Waals surface area contributed by atoms with E-state index >= 15 is 0 Å². The van der Waals surface area contributed by atoms with E-state index in [1.807, 2.05) is 0 Å². The van der Waals surface area contributed by atoms with Crippen LogP contribution in [0.5, 0.6) is 0 Å². The van der Waals surface area contributed by atoms with Gasteiger partial charge < -0.3 is 5.11 Å². The van der Waals surface area contributed by atoms with Crippen LogP contribution in [0.2, 0.25) is 0 Å². The van der Waals surface area contributed by atoms with Crippen LogP contribution in [0.4, 0.5) is 4.39 Å². The summed E-state index contributed by atoms with van der Waals surface area (Å²) in [4.78, 5) is 0.604. The highest BCUT2D eigenvalue weighted by molar-refractivity contribution is 7.85. The van der Waals surface area contributed by atoms with Crippen molar-refractivity contribution in [1.82, 2.24) is 0 Å². The first-order chi connectivity index (χ1) is 7.68. The lowest BCUT2D eigenvalue weighted by Crippen LogP contribution is -2.33. The van der Waals surface area contributed by atoms with Crippen molar-refractivity contribution in [2.45, 2.75) is 41.9 Å². The third kappa shape index (κ3) is 2.50. The van der Waals surface area contributed by atoms with Gasteiger partial charge in [-0.3, -0.25) is 4.21 Å². The highest BCUT2D eigenvalue weighted by Crippen LogP contribution is 2.26. The number of rotatable bonds is 2. The molecular formula is C12H15FO2S. The van der Waals surface area contributed by atoms with E-state index in [1.54, 1.807) is 0 Å². The molecule has 1 fully saturated rings. The van der Waals surface area contributed by atoms with E-state index in [0.717, 1.165) is 25.7 Å². The average molecular weight is 242 g/mol. The minimum atomic E-state index is -1.22. The maximum Gasteiger partial charge on any atom is 0.123 e. The van der Waals surface area contributed by atoms with Crippen LogP contribution in [-0.2, 0) is 10.8 Å². The van der Waals surface area contributed by atoms with Crippen molar-refractivity contribution in [1.29, 1.82) is 0 Å². The van der Waals surface area contributed by atoms with E-state index in [2.05, 4.69) is 0 Å². The summed E-state index contributed by atoms with van der Waals surface area (Å²) >= 11 is 0. The first-order valence-corrected chi connectivity index (χ1v) is 6.74. The van der Waals surface area contributed by atoms with Crippen LogP contribution < -0.4 is 0 Å². The Bertz CT molecular complexity index is 377. The zero-order chi connectivity index (χ0) is 11.5. The van der Waals surface area contributed by atoms with E-state index < -0.39 is 16.9 Å².